The van der Waals surface area contributed by atoms with Crippen LogP contribution < -0.4 is 0 Å². The number of phosphoric ester groups is 2. The number of allylic oxidation sites excluding steroid dienone is 4. The molecule has 0 bridgehead atoms. The lowest BCUT2D eigenvalue weighted by atomic mass is 9.99. The van der Waals surface area contributed by atoms with Crippen LogP contribution in [0.1, 0.15) is 376 Å². The van der Waals surface area contributed by atoms with Crippen LogP contribution in [0.3, 0.4) is 0 Å². The maximum absolute atomic E-state index is 13.1. The Kier molecular flexibility index (Phi) is 66.3. The van der Waals surface area contributed by atoms with Crippen LogP contribution in [-0.4, -0.2) is 96.7 Å². The molecule has 0 radical (unpaired) electrons. The molecule has 0 aromatic heterocycles. The fourth-order valence-corrected chi connectivity index (χ4v) is 13.0. The molecule has 0 aliphatic rings. The minimum Gasteiger partial charge on any atom is -0.462 e. The molecule has 0 aromatic rings. The summed E-state index contributed by atoms with van der Waals surface area (Å²) >= 11 is 0. The molecule has 6 atom stereocenters. The number of rotatable bonds is 74. The molecule has 0 rings (SSSR count). The summed E-state index contributed by atoms with van der Waals surface area (Å²) in [5, 5.41) is 10.6. The number of unbranched alkanes of at least 4 members (excludes halogenated alkanes) is 38. The van der Waals surface area contributed by atoms with Crippen LogP contribution in [0.5, 0.6) is 0 Å². The van der Waals surface area contributed by atoms with Crippen molar-refractivity contribution in [2.24, 2.45) is 17.8 Å². The molecule has 0 aromatic carbocycles. The topological polar surface area (TPSA) is 237 Å². The molecule has 3 N–H and O–H groups in total. The van der Waals surface area contributed by atoms with Crippen molar-refractivity contribution >= 4 is 39.5 Å². The summed E-state index contributed by atoms with van der Waals surface area (Å²) in [5.41, 5.74) is 0. The van der Waals surface area contributed by atoms with Crippen molar-refractivity contribution in [1.82, 2.24) is 0 Å². The smallest absolute Gasteiger partial charge is 0.462 e. The zero-order chi connectivity index (χ0) is 71.6. The Morgan fingerprint density at radius 2 is 0.608 bits per heavy atom. The maximum Gasteiger partial charge on any atom is 0.472 e. The monoisotopic (exact) mass is 1420 g/mol. The van der Waals surface area contributed by atoms with E-state index in [0.29, 0.717) is 31.6 Å². The van der Waals surface area contributed by atoms with Gasteiger partial charge < -0.3 is 33.8 Å². The Balaban J connectivity index is 5.26. The highest BCUT2D eigenvalue weighted by atomic mass is 31.2. The average molecular weight is 1420 g/mol. The summed E-state index contributed by atoms with van der Waals surface area (Å²) in [4.78, 5) is 72.8. The van der Waals surface area contributed by atoms with Gasteiger partial charge in [0.1, 0.15) is 19.3 Å². The Bertz CT molecular complexity index is 1980. The van der Waals surface area contributed by atoms with E-state index in [1.165, 1.54) is 167 Å². The first-order valence-corrected chi connectivity index (χ1v) is 42.7. The van der Waals surface area contributed by atoms with E-state index in [4.69, 9.17) is 37.0 Å². The van der Waals surface area contributed by atoms with Gasteiger partial charge in [-0.15, -0.1) is 0 Å². The van der Waals surface area contributed by atoms with Crippen molar-refractivity contribution in [2.75, 3.05) is 39.6 Å². The number of carbonyl (C=O) groups excluding carboxylic acids is 4. The Morgan fingerprint density at radius 1 is 0.340 bits per heavy atom. The SMILES string of the molecule is CCCCCC/C=C\C=C/CCCCCCCC(=O)O[C@H](COC(=O)CCCCCCCCCCCCCCCCC(C)CC)COP(=O)(O)OC[C@@H](O)COP(=O)(O)OC[C@@H](COC(=O)CCCCCCCCC(C)C)OC(=O)CCCCCCCCCCCCCCC(C)C. The van der Waals surface area contributed by atoms with Crippen LogP contribution >= 0.6 is 15.6 Å². The lowest BCUT2D eigenvalue weighted by Crippen LogP contribution is -2.30. The lowest BCUT2D eigenvalue weighted by molar-refractivity contribution is -0.161. The highest BCUT2D eigenvalue weighted by Crippen LogP contribution is 2.45. The van der Waals surface area contributed by atoms with Gasteiger partial charge in [0.05, 0.1) is 26.4 Å². The molecule has 0 fully saturated rings. The van der Waals surface area contributed by atoms with Crippen molar-refractivity contribution in [2.45, 2.75) is 394 Å². The summed E-state index contributed by atoms with van der Waals surface area (Å²) in [6.07, 6.45) is 57.8. The number of hydrogen-bond donors (Lipinski definition) is 3. The van der Waals surface area contributed by atoms with Gasteiger partial charge in [-0.25, -0.2) is 9.13 Å². The van der Waals surface area contributed by atoms with Crippen molar-refractivity contribution in [3.8, 4) is 0 Å². The first-order chi connectivity index (χ1) is 46.8. The number of phosphoric acid groups is 2. The molecule has 0 aliphatic heterocycles. The minimum absolute atomic E-state index is 0.0849. The molecule has 0 saturated carbocycles. The summed E-state index contributed by atoms with van der Waals surface area (Å²) in [6, 6.07) is 0. The van der Waals surface area contributed by atoms with E-state index in [-0.39, 0.29) is 25.7 Å². The Labute approximate surface area is 592 Å². The van der Waals surface area contributed by atoms with Crippen LogP contribution in [-0.2, 0) is 65.4 Å². The molecule has 19 heteroatoms. The minimum atomic E-state index is -4.97. The standard InChI is InChI=1S/C78H148O17P2/c1-8-10-11-12-13-14-15-16-17-22-28-33-38-47-54-61-77(82)94-73(65-88-75(80)59-52-45-37-32-27-21-19-18-20-26-31-36-44-51-58-71(7)9-2)67-92-96(84,85)90-63-72(79)64-91-97(86,87)93-68-74(66-89-76(81)60-53-46-41-40-43-50-57-70(5)6)95-78(83)62-55-48-39-34-29-24-23-25-30-35-42-49-56-69(3)4/h14-17,69-74,79H,8-13,18-68H2,1-7H3,(H,84,85)(H,86,87)/b15-14-,17-16-/t71?,72-,73-,74-/m1/s1. The third-order valence-electron chi connectivity index (χ3n) is 17.9. The predicted octanol–water partition coefficient (Wildman–Crippen LogP) is 22.5. The molecule has 572 valence electrons. The molecular formula is C78H148O17P2. The number of aliphatic hydroxyl groups excluding tert-OH is 1. The Hall–Kier alpha value is -2.46. The fraction of sp³-hybridized carbons (Fsp3) is 0.897. The summed E-state index contributed by atoms with van der Waals surface area (Å²) in [6.45, 7) is 11.8. The second-order valence-electron chi connectivity index (χ2n) is 28.6. The lowest BCUT2D eigenvalue weighted by Gasteiger charge is -2.21. The molecule has 0 aliphatic carbocycles. The van der Waals surface area contributed by atoms with Gasteiger partial charge in [0.25, 0.3) is 0 Å². The van der Waals surface area contributed by atoms with E-state index in [9.17, 15) is 43.2 Å². The molecule has 17 nitrogen and oxygen atoms in total. The molecule has 3 unspecified atom stereocenters. The van der Waals surface area contributed by atoms with Gasteiger partial charge in [-0.1, -0.05) is 323 Å². The highest BCUT2D eigenvalue weighted by molar-refractivity contribution is 7.47. The predicted molar refractivity (Wildman–Crippen MR) is 395 cm³/mol. The van der Waals surface area contributed by atoms with E-state index >= 15 is 0 Å². The summed E-state index contributed by atoms with van der Waals surface area (Å²) in [7, 11) is -9.93. The normalized spacial score (nSPS) is 14.5. The quantitative estimate of drug-likeness (QED) is 0.0169. The zero-order valence-corrected chi connectivity index (χ0v) is 64.8. The highest BCUT2D eigenvalue weighted by Gasteiger charge is 2.30. The molecule has 0 saturated heterocycles. The number of esters is 4. The van der Waals surface area contributed by atoms with Gasteiger partial charge in [0.15, 0.2) is 12.2 Å². The van der Waals surface area contributed by atoms with Crippen molar-refractivity contribution in [3.63, 3.8) is 0 Å². The van der Waals surface area contributed by atoms with E-state index in [0.717, 1.165) is 121 Å². The van der Waals surface area contributed by atoms with Gasteiger partial charge in [-0.05, 0) is 69.1 Å². The largest absolute Gasteiger partial charge is 0.472 e. The molecule has 0 amide bonds. The number of hydrogen-bond acceptors (Lipinski definition) is 15. The van der Waals surface area contributed by atoms with E-state index < -0.39 is 97.5 Å². The number of ether oxygens (including phenoxy) is 4. The maximum atomic E-state index is 13.1. The molecule has 0 heterocycles. The van der Waals surface area contributed by atoms with Crippen LogP contribution in [0, 0.1) is 17.8 Å². The van der Waals surface area contributed by atoms with Gasteiger partial charge in [0.2, 0.25) is 0 Å². The van der Waals surface area contributed by atoms with Gasteiger partial charge in [-0.3, -0.25) is 37.3 Å². The van der Waals surface area contributed by atoms with Crippen LogP contribution in [0.2, 0.25) is 0 Å². The number of aliphatic hydroxyl groups is 1. The summed E-state index contributed by atoms with van der Waals surface area (Å²) in [5.74, 6) is 0.153. The number of carbonyl (C=O) groups is 4. The van der Waals surface area contributed by atoms with Crippen LogP contribution in [0.15, 0.2) is 24.3 Å². The van der Waals surface area contributed by atoms with Gasteiger partial charge in [0, 0.05) is 25.7 Å². The first-order valence-electron chi connectivity index (χ1n) is 39.7. The van der Waals surface area contributed by atoms with E-state index in [2.05, 4.69) is 72.8 Å². The first kappa shape index (κ1) is 94.5. The molecular weight excluding hydrogens is 1270 g/mol. The van der Waals surface area contributed by atoms with Crippen LogP contribution in [0.25, 0.3) is 0 Å². The van der Waals surface area contributed by atoms with Crippen molar-refractivity contribution in [3.05, 3.63) is 24.3 Å². The Morgan fingerprint density at radius 3 is 0.918 bits per heavy atom. The zero-order valence-electron chi connectivity index (χ0n) is 63.0. The second-order valence-corrected chi connectivity index (χ2v) is 31.5. The van der Waals surface area contributed by atoms with E-state index in [1.807, 2.05) is 0 Å². The van der Waals surface area contributed by atoms with Crippen molar-refractivity contribution in [1.29, 1.82) is 0 Å². The second kappa shape index (κ2) is 68.0. The third-order valence-corrected chi connectivity index (χ3v) is 19.8. The van der Waals surface area contributed by atoms with Crippen LogP contribution in [0.4, 0.5) is 0 Å². The molecule has 0 spiro atoms. The summed E-state index contributed by atoms with van der Waals surface area (Å²) < 4.78 is 68.5. The van der Waals surface area contributed by atoms with Gasteiger partial charge in [-0.2, -0.15) is 0 Å². The van der Waals surface area contributed by atoms with E-state index in [1.54, 1.807) is 0 Å². The third kappa shape index (κ3) is 70.4. The average Bonchev–Trinajstić information content (AvgIpc) is 1.18. The van der Waals surface area contributed by atoms with Crippen molar-refractivity contribution < 1.29 is 80.2 Å². The van der Waals surface area contributed by atoms with Gasteiger partial charge >= 0.3 is 39.5 Å². The fourth-order valence-electron chi connectivity index (χ4n) is 11.4. The molecule has 97 heavy (non-hydrogen) atoms.